The van der Waals surface area contributed by atoms with Gasteiger partial charge in [0.05, 0.1) is 43.1 Å². The van der Waals surface area contributed by atoms with Gasteiger partial charge in [-0.1, -0.05) is 25.1 Å². The van der Waals surface area contributed by atoms with Crippen molar-refractivity contribution in [1.82, 2.24) is 0 Å². The summed E-state index contributed by atoms with van der Waals surface area (Å²) in [4.78, 5) is 38.9. The third-order valence-corrected chi connectivity index (χ3v) is 10.2. The summed E-state index contributed by atoms with van der Waals surface area (Å²) in [5.41, 5.74) is -1.04. The number of rotatable bonds is 11. The molecule has 4 aliphatic heterocycles. The Kier molecular flexibility index (Phi) is 12.1. The van der Waals surface area contributed by atoms with Crippen LogP contribution in [0.25, 0.3) is 6.08 Å². The highest BCUT2D eigenvalue weighted by Crippen LogP contribution is 2.51. The van der Waals surface area contributed by atoms with Crippen molar-refractivity contribution in [2.24, 2.45) is 11.8 Å². The second-order valence-corrected chi connectivity index (χ2v) is 13.7. The van der Waals surface area contributed by atoms with Crippen LogP contribution in [0, 0.1) is 11.8 Å². The van der Waals surface area contributed by atoms with Crippen LogP contribution in [0.3, 0.4) is 0 Å². The molecule has 15 atom stereocenters. The van der Waals surface area contributed by atoms with E-state index >= 15 is 0 Å². The predicted molar refractivity (Wildman–Crippen MR) is 181 cm³/mol. The summed E-state index contributed by atoms with van der Waals surface area (Å²) in [5.74, 6) is -3.95. The maximum atomic E-state index is 13.3. The molecular weight excluding hydrogens is 732 g/mol. The normalized spacial score (nSPS) is 38.8. The number of carbonyl (C=O) groups is 3. The first-order chi connectivity index (χ1) is 26.2. The summed E-state index contributed by atoms with van der Waals surface area (Å²) in [5, 5.41) is 71.2. The number of aliphatic hydroxyl groups is 7. The summed E-state index contributed by atoms with van der Waals surface area (Å²) < 4.78 is 44.7. The zero-order valence-corrected chi connectivity index (χ0v) is 29.9. The maximum absolute atomic E-state index is 13.3. The van der Waals surface area contributed by atoms with Gasteiger partial charge in [0.1, 0.15) is 54.6 Å². The Morgan fingerprint density at radius 2 is 1.56 bits per heavy atom. The SMILES string of the molecule is CCC1OC(Oc2ccc(C=CC(=O)OC(C)C3=CC4(C=CC5C(C(=O)OC)=COC(OC6OC(CO)C(O)C(O)C6O)C54)OC3=O)cc2)C(O)C(O)C1O. The number of carbonyl (C=O) groups excluding carboxylic acids is 3. The molecule has 300 valence electrons. The second-order valence-electron chi connectivity index (χ2n) is 13.7. The standard InChI is InChI=1S/C37H44O18/c1-4-22-26(40)28(42)30(44)35(52-22)51-18-8-5-17(6-9-18)7-10-24(39)50-16(2)20-13-37(55-33(20)47)12-11-19-21(32(46)48-3)15-49-34(25(19)37)54-36-31(45)29(43)27(41)23(14-38)53-36/h5-13,15-16,19,22-23,25-31,34-36,38,40-45H,4,14H2,1-3H3. The largest absolute Gasteiger partial charge is 0.471 e. The average molecular weight is 777 g/mol. The molecule has 1 aromatic rings. The molecule has 15 unspecified atom stereocenters. The predicted octanol–water partition coefficient (Wildman–Crippen LogP) is -1.52. The monoisotopic (exact) mass is 776 g/mol. The van der Waals surface area contributed by atoms with Crippen molar-refractivity contribution < 1.29 is 88.0 Å². The summed E-state index contributed by atoms with van der Waals surface area (Å²) in [6.45, 7) is 2.51. The van der Waals surface area contributed by atoms with Crippen LogP contribution in [0.4, 0.5) is 0 Å². The highest BCUT2D eigenvalue weighted by atomic mass is 16.8. The molecule has 5 aliphatic rings. The van der Waals surface area contributed by atoms with Gasteiger partial charge in [0.25, 0.3) is 0 Å². The van der Waals surface area contributed by atoms with Gasteiger partial charge >= 0.3 is 17.9 Å². The van der Waals surface area contributed by atoms with Gasteiger partial charge in [-0.05, 0) is 49.3 Å². The van der Waals surface area contributed by atoms with Crippen LogP contribution in [-0.2, 0) is 47.5 Å². The lowest BCUT2D eigenvalue weighted by atomic mass is 9.78. The number of ether oxygens (including phenoxy) is 8. The topological polar surface area (TPSA) is 267 Å². The highest BCUT2D eigenvalue weighted by molar-refractivity contribution is 5.95. The summed E-state index contributed by atoms with van der Waals surface area (Å²) >= 11 is 0. The molecule has 6 rings (SSSR count). The molecule has 0 radical (unpaired) electrons. The van der Waals surface area contributed by atoms with Crippen LogP contribution < -0.4 is 4.74 Å². The van der Waals surface area contributed by atoms with E-state index in [4.69, 9.17) is 37.9 Å². The van der Waals surface area contributed by atoms with Crippen LogP contribution in [0.2, 0.25) is 0 Å². The Hall–Kier alpha value is -4.21. The molecule has 2 fully saturated rings. The highest BCUT2D eigenvalue weighted by Gasteiger charge is 2.60. The van der Waals surface area contributed by atoms with E-state index in [2.05, 4.69) is 0 Å². The number of methoxy groups -OCH3 is 1. The molecule has 2 saturated heterocycles. The van der Waals surface area contributed by atoms with Gasteiger partial charge < -0.3 is 73.6 Å². The molecule has 4 heterocycles. The van der Waals surface area contributed by atoms with Gasteiger partial charge in [0, 0.05) is 12.0 Å². The molecular formula is C37H44O18. The first-order valence-corrected chi connectivity index (χ1v) is 17.6. The fourth-order valence-corrected chi connectivity index (χ4v) is 7.14. The van der Waals surface area contributed by atoms with Crippen molar-refractivity contribution in [3.8, 4) is 5.75 Å². The van der Waals surface area contributed by atoms with Gasteiger partial charge in [-0.15, -0.1) is 0 Å². The number of esters is 3. The second kappa shape index (κ2) is 16.5. The molecule has 1 aliphatic carbocycles. The van der Waals surface area contributed by atoms with Crippen LogP contribution in [0.15, 0.2) is 66.0 Å². The van der Waals surface area contributed by atoms with Crippen molar-refractivity contribution in [2.75, 3.05) is 13.7 Å². The maximum Gasteiger partial charge on any atom is 0.338 e. The van der Waals surface area contributed by atoms with Gasteiger partial charge in [-0.3, -0.25) is 0 Å². The molecule has 0 aromatic heterocycles. The molecule has 7 N–H and O–H groups in total. The average Bonchev–Trinajstić information content (AvgIpc) is 3.73. The lowest BCUT2D eigenvalue weighted by molar-refractivity contribution is -0.344. The third-order valence-electron chi connectivity index (χ3n) is 10.2. The number of aliphatic hydroxyl groups excluding tert-OH is 7. The molecule has 0 amide bonds. The Balaban J connectivity index is 1.13. The number of hydrogen-bond donors (Lipinski definition) is 7. The fourth-order valence-electron chi connectivity index (χ4n) is 7.14. The Labute approximate surface area is 314 Å². The molecule has 18 nitrogen and oxygen atoms in total. The number of benzene rings is 1. The first kappa shape index (κ1) is 40.5. The third kappa shape index (κ3) is 7.92. The summed E-state index contributed by atoms with van der Waals surface area (Å²) in [7, 11) is 1.17. The molecule has 1 spiro atoms. The molecule has 0 bridgehead atoms. The quantitative estimate of drug-likeness (QED) is 0.0582. The Morgan fingerprint density at radius 1 is 0.909 bits per heavy atom. The Morgan fingerprint density at radius 3 is 2.22 bits per heavy atom. The molecule has 0 saturated carbocycles. The van der Waals surface area contributed by atoms with E-state index in [1.165, 1.54) is 32.3 Å². The zero-order valence-electron chi connectivity index (χ0n) is 29.9. The van der Waals surface area contributed by atoms with Crippen LogP contribution in [-0.4, -0.2) is 147 Å². The van der Waals surface area contributed by atoms with E-state index in [0.717, 1.165) is 12.3 Å². The molecule has 55 heavy (non-hydrogen) atoms. The van der Waals surface area contributed by atoms with Crippen LogP contribution in [0.5, 0.6) is 5.75 Å². The minimum atomic E-state index is -1.78. The Bertz CT molecular complexity index is 1700. The van der Waals surface area contributed by atoms with Gasteiger partial charge in [0.15, 0.2) is 11.9 Å². The number of fused-ring (bicyclic) bond motifs is 2. The van der Waals surface area contributed by atoms with E-state index in [9.17, 15) is 50.1 Å². The smallest absolute Gasteiger partial charge is 0.338 e. The minimum absolute atomic E-state index is 0.0376. The number of allylic oxidation sites excluding steroid dienone is 1. The summed E-state index contributed by atoms with van der Waals surface area (Å²) in [6.07, 6.45) is -8.18. The van der Waals surface area contributed by atoms with Crippen molar-refractivity contribution in [3.05, 3.63) is 71.5 Å². The summed E-state index contributed by atoms with van der Waals surface area (Å²) in [6, 6.07) is 6.31. The van der Waals surface area contributed by atoms with Gasteiger partial charge in [-0.2, -0.15) is 0 Å². The van der Waals surface area contributed by atoms with Crippen LogP contribution >= 0.6 is 0 Å². The van der Waals surface area contributed by atoms with Crippen molar-refractivity contribution in [2.45, 2.75) is 99.7 Å². The fraction of sp³-hybridized carbons (Fsp3) is 0.541. The van der Waals surface area contributed by atoms with Gasteiger partial charge in [-0.25, -0.2) is 14.4 Å². The van der Waals surface area contributed by atoms with Gasteiger partial charge in [0.2, 0.25) is 12.6 Å². The van der Waals surface area contributed by atoms with E-state index in [1.807, 2.05) is 0 Å². The van der Waals surface area contributed by atoms with Crippen molar-refractivity contribution >= 4 is 24.0 Å². The van der Waals surface area contributed by atoms with E-state index < -0.39 is 116 Å². The van der Waals surface area contributed by atoms with Crippen molar-refractivity contribution in [1.29, 1.82) is 0 Å². The lowest BCUT2D eigenvalue weighted by Crippen LogP contribution is -2.60. The lowest BCUT2D eigenvalue weighted by Gasteiger charge is -2.44. The number of hydrogen-bond acceptors (Lipinski definition) is 18. The van der Waals surface area contributed by atoms with Crippen LogP contribution in [0.1, 0.15) is 25.8 Å². The van der Waals surface area contributed by atoms with E-state index in [-0.39, 0.29) is 16.9 Å². The molecule has 18 heteroatoms. The minimum Gasteiger partial charge on any atom is -0.471 e. The molecule has 1 aromatic carbocycles. The zero-order chi connectivity index (χ0) is 39.8. The van der Waals surface area contributed by atoms with E-state index in [0.29, 0.717) is 12.0 Å². The van der Waals surface area contributed by atoms with Crippen molar-refractivity contribution in [3.63, 3.8) is 0 Å². The van der Waals surface area contributed by atoms with E-state index in [1.54, 1.807) is 37.3 Å². The first-order valence-electron chi connectivity index (χ1n) is 17.6.